The molecule has 2 amide bonds. The Morgan fingerprint density at radius 3 is 2.52 bits per heavy atom. The van der Waals surface area contributed by atoms with Gasteiger partial charge in [0.05, 0.1) is 23.1 Å². The van der Waals surface area contributed by atoms with E-state index in [9.17, 15) is 22.8 Å². The van der Waals surface area contributed by atoms with Gasteiger partial charge in [0.25, 0.3) is 0 Å². The van der Waals surface area contributed by atoms with Crippen molar-refractivity contribution in [3.05, 3.63) is 29.3 Å². The molecule has 6 nitrogen and oxygen atoms in total. The summed E-state index contributed by atoms with van der Waals surface area (Å²) in [4.78, 5) is 23.6. The molecule has 1 rings (SSSR count). The summed E-state index contributed by atoms with van der Waals surface area (Å²) in [6.45, 7) is 1.29. The first kappa shape index (κ1) is 18.3. The molecule has 0 fully saturated rings. The van der Waals surface area contributed by atoms with E-state index in [0.717, 1.165) is 11.0 Å². The number of urea groups is 1. The zero-order chi connectivity index (χ0) is 17.8. The number of rotatable bonds is 4. The summed E-state index contributed by atoms with van der Waals surface area (Å²) in [6.07, 6.45) is -4.73. The Labute approximate surface area is 130 Å². The van der Waals surface area contributed by atoms with Crippen molar-refractivity contribution in [3.8, 4) is 6.07 Å². The van der Waals surface area contributed by atoms with Crippen molar-refractivity contribution in [2.45, 2.75) is 13.1 Å². The maximum Gasteiger partial charge on any atom is 0.417 e. The van der Waals surface area contributed by atoms with Crippen molar-refractivity contribution in [3.63, 3.8) is 0 Å². The van der Waals surface area contributed by atoms with Crippen LogP contribution in [0.5, 0.6) is 0 Å². The average Bonchev–Trinajstić information content (AvgIpc) is 2.45. The van der Waals surface area contributed by atoms with Crippen LogP contribution in [-0.4, -0.2) is 35.6 Å². The van der Waals surface area contributed by atoms with Crippen molar-refractivity contribution >= 4 is 17.7 Å². The quantitative estimate of drug-likeness (QED) is 0.888. The van der Waals surface area contributed by atoms with Crippen LogP contribution in [0.3, 0.4) is 0 Å². The summed E-state index contributed by atoms with van der Waals surface area (Å²) in [6, 6.07) is 3.46. The fourth-order valence-corrected chi connectivity index (χ4v) is 1.74. The number of hydrogen-bond acceptors (Lipinski definition) is 3. The number of anilines is 1. The van der Waals surface area contributed by atoms with E-state index in [1.807, 2.05) is 0 Å². The van der Waals surface area contributed by atoms with Crippen LogP contribution in [0.1, 0.15) is 18.1 Å². The number of hydrogen-bond donors (Lipinski definition) is 2. The Hall–Kier alpha value is -2.76. The van der Waals surface area contributed by atoms with Gasteiger partial charge in [0.15, 0.2) is 0 Å². The number of carboxylic acid groups (broad SMARTS) is 1. The van der Waals surface area contributed by atoms with Gasteiger partial charge in [-0.2, -0.15) is 18.4 Å². The van der Waals surface area contributed by atoms with Gasteiger partial charge in [-0.05, 0) is 18.2 Å². The molecule has 1 aromatic carbocycles. The lowest BCUT2D eigenvalue weighted by Crippen LogP contribution is -2.36. The predicted octanol–water partition coefficient (Wildman–Crippen LogP) is 2.76. The summed E-state index contributed by atoms with van der Waals surface area (Å²) in [5.41, 5.74) is -1.85. The molecule has 0 radical (unpaired) electrons. The molecule has 0 aromatic heterocycles. The van der Waals surface area contributed by atoms with Crippen LogP contribution in [0.15, 0.2) is 18.2 Å². The number of alkyl halides is 3. The lowest BCUT2D eigenvalue weighted by Gasteiger charge is -2.20. The Morgan fingerprint density at radius 1 is 1.43 bits per heavy atom. The van der Waals surface area contributed by atoms with E-state index in [1.165, 1.54) is 26.1 Å². The molecule has 0 saturated carbocycles. The van der Waals surface area contributed by atoms with Crippen molar-refractivity contribution in [2.75, 3.05) is 18.9 Å². The molecule has 1 aromatic rings. The number of nitriles is 1. The van der Waals surface area contributed by atoms with Crippen LogP contribution in [0, 0.1) is 17.2 Å². The van der Waals surface area contributed by atoms with E-state index < -0.39 is 35.2 Å². The highest BCUT2D eigenvalue weighted by molar-refractivity contribution is 5.89. The van der Waals surface area contributed by atoms with Gasteiger partial charge in [-0.15, -0.1) is 0 Å². The summed E-state index contributed by atoms with van der Waals surface area (Å²) in [7, 11) is 1.32. The minimum absolute atomic E-state index is 0.108. The van der Waals surface area contributed by atoms with Crippen LogP contribution in [0.4, 0.5) is 23.7 Å². The number of carbonyl (C=O) groups is 2. The highest BCUT2D eigenvalue weighted by Crippen LogP contribution is 2.33. The molecule has 0 spiro atoms. The normalized spacial score (nSPS) is 12.2. The summed E-state index contributed by atoms with van der Waals surface area (Å²) in [5, 5.41) is 19.7. The van der Waals surface area contributed by atoms with Crippen molar-refractivity contribution in [1.29, 1.82) is 5.26 Å². The maximum absolute atomic E-state index is 12.8. The highest BCUT2D eigenvalue weighted by atomic mass is 19.4. The zero-order valence-electron chi connectivity index (χ0n) is 12.3. The van der Waals surface area contributed by atoms with Gasteiger partial charge in [-0.25, -0.2) is 4.79 Å². The third kappa shape index (κ3) is 4.88. The van der Waals surface area contributed by atoms with Gasteiger partial charge in [-0.3, -0.25) is 4.79 Å². The number of carboxylic acids is 1. The van der Waals surface area contributed by atoms with E-state index >= 15 is 0 Å². The van der Waals surface area contributed by atoms with Gasteiger partial charge in [-0.1, -0.05) is 6.92 Å². The molecule has 9 heteroatoms. The fraction of sp³-hybridized carbons (Fsp3) is 0.357. The van der Waals surface area contributed by atoms with Crippen molar-refractivity contribution in [2.24, 2.45) is 5.92 Å². The molecule has 0 heterocycles. The lowest BCUT2D eigenvalue weighted by atomic mass is 10.1. The third-order valence-corrected chi connectivity index (χ3v) is 3.01. The SMILES string of the molecule is CC(CN(C)C(=O)Nc1ccc(C#N)c(C(F)(F)F)c1)C(=O)O. The van der Waals surface area contributed by atoms with E-state index in [1.54, 1.807) is 0 Å². The highest BCUT2D eigenvalue weighted by Gasteiger charge is 2.34. The van der Waals surface area contributed by atoms with Gasteiger partial charge in [0.1, 0.15) is 0 Å². The summed E-state index contributed by atoms with van der Waals surface area (Å²) < 4.78 is 38.5. The molecule has 124 valence electrons. The van der Waals surface area contributed by atoms with Crippen LogP contribution in [0.2, 0.25) is 0 Å². The van der Waals surface area contributed by atoms with Crippen molar-refractivity contribution < 1.29 is 27.9 Å². The number of benzene rings is 1. The number of carbonyl (C=O) groups excluding carboxylic acids is 1. The first-order chi connectivity index (χ1) is 10.6. The number of nitrogens with one attached hydrogen (secondary N) is 1. The first-order valence-corrected chi connectivity index (χ1v) is 6.42. The van der Waals surface area contributed by atoms with Gasteiger partial charge >= 0.3 is 18.2 Å². The number of amides is 2. The molecule has 0 saturated heterocycles. The Bertz CT molecular complexity index is 653. The fourth-order valence-electron chi connectivity index (χ4n) is 1.74. The largest absolute Gasteiger partial charge is 0.481 e. The standard InChI is InChI=1S/C14H14F3N3O3/c1-8(12(21)22)7-20(2)13(23)19-10-4-3-9(6-18)11(5-10)14(15,16)17/h3-5,8H,7H2,1-2H3,(H,19,23)(H,21,22). The minimum Gasteiger partial charge on any atom is -0.481 e. The van der Waals surface area contributed by atoms with E-state index in [4.69, 9.17) is 10.4 Å². The number of halogens is 3. The van der Waals surface area contributed by atoms with Gasteiger partial charge in [0, 0.05) is 19.3 Å². The van der Waals surface area contributed by atoms with Crippen LogP contribution in [-0.2, 0) is 11.0 Å². The molecule has 2 N–H and O–H groups in total. The van der Waals surface area contributed by atoms with E-state index in [-0.39, 0.29) is 12.2 Å². The molecular formula is C14H14F3N3O3. The van der Waals surface area contributed by atoms with Crippen LogP contribution >= 0.6 is 0 Å². The Morgan fingerprint density at radius 2 is 2.04 bits per heavy atom. The van der Waals surface area contributed by atoms with Crippen LogP contribution in [0.25, 0.3) is 0 Å². The predicted molar refractivity (Wildman–Crippen MR) is 74.6 cm³/mol. The van der Waals surface area contributed by atoms with E-state index in [2.05, 4.69) is 5.32 Å². The molecule has 0 aliphatic heterocycles. The maximum atomic E-state index is 12.8. The van der Waals surface area contributed by atoms with Crippen molar-refractivity contribution in [1.82, 2.24) is 4.90 Å². The second-order valence-electron chi connectivity index (χ2n) is 4.92. The third-order valence-electron chi connectivity index (χ3n) is 3.01. The first-order valence-electron chi connectivity index (χ1n) is 6.42. The summed E-state index contributed by atoms with van der Waals surface area (Å²) in [5.74, 6) is -1.92. The number of aliphatic carboxylic acids is 1. The minimum atomic E-state index is -4.73. The molecule has 1 unspecified atom stereocenters. The topological polar surface area (TPSA) is 93.4 Å². The average molecular weight is 329 g/mol. The Balaban J connectivity index is 2.91. The lowest BCUT2D eigenvalue weighted by molar-refractivity contribution is -0.141. The molecule has 0 aliphatic carbocycles. The monoisotopic (exact) mass is 329 g/mol. The zero-order valence-corrected chi connectivity index (χ0v) is 12.3. The molecule has 1 atom stereocenters. The van der Waals surface area contributed by atoms with Gasteiger partial charge in [0.2, 0.25) is 0 Å². The van der Waals surface area contributed by atoms with E-state index in [0.29, 0.717) is 6.07 Å². The van der Waals surface area contributed by atoms with Gasteiger partial charge < -0.3 is 15.3 Å². The molecule has 0 aliphatic rings. The molecular weight excluding hydrogens is 315 g/mol. The smallest absolute Gasteiger partial charge is 0.417 e. The second kappa shape index (κ2) is 7.00. The second-order valence-corrected chi connectivity index (χ2v) is 4.92. The molecule has 0 bridgehead atoms. The Kier molecular flexibility index (Phi) is 5.57. The molecule has 23 heavy (non-hydrogen) atoms. The number of nitrogens with zero attached hydrogens (tertiary/aromatic N) is 2. The van der Waals surface area contributed by atoms with Crippen LogP contribution < -0.4 is 5.32 Å². The summed E-state index contributed by atoms with van der Waals surface area (Å²) >= 11 is 0.